The number of carbonyl (C=O) groups is 4. The van der Waals surface area contributed by atoms with Crippen molar-refractivity contribution in [2.75, 3.05) is 18.9 Å². The zero-order valence-electron chi connectivity index (χ0n) is 63.5. The molecule has 0 amide bonds. The molecule has 8 aromatic rings. The van der Waals surface area contributed by atoms with Crippen molar-refractivity contribution < 1.29 is 216 Å². The van der Waals surface area contributed by atoms with Gasteiger partial charge in [0.15, 0.2) is 31.7 Å². The number of aliphatic hydroxyl groups excluding tert-OH is 2. The molecule has 0 bridgehead atoms. The number of hydrogen-bond donors (Lipinski definition) is 3. The molecule has 4 saturated carbocycles. The molecular formula is C79H120BCl3Cs2LiN8O12S2. The summed E-state index contributed by atoms with van der Waals surface area (Å²) in [5.41, 5.74) is 12.7. The largest absolute Gasteiger partial charge is 1.00 e. The number of aromatic nitrogens is 6. The first-order valence-electron chi connectivity index (χ1n) is 33.9. The van der Waals surface area contributed by atoms with Crippen LogP contribution in [0.1, 0.15) is 240 Å². The summed E-state index contributed by atoms with van der Waals surface area (Å²) < 4.78 is 52.2. The van der Waals surface area contributed by atoms with E-state index >= 15 is 0 Å². The zero-order valence-corrected chi connectivity index (χ0v) is 78.0. The van der Waals surface area contributed by atoms with E-state index < -0.39 is 25.8 Å². The number of benzene rings is 2. The van der Waals surface area contributed by atoms with Gasteiger partial charge in [-0.1, -0.05) is 211 Å². The van der Waals surface area contributed by atoms with Crippen molar-refractivity contribution >= 4 is 109 Å². The second kappa shape index (κ2) is 60.5. The van der Waals surface area contributed by atoms with E-state index in [4.69, 9.17) is 55.7 Å². The second-order valence-corrected chi connectivity index (χ2v) is 30.7. The molecule has 6 heterocycles. The molecule has 12 rings (SSSR count). The average molecular weight is 1830 g/mol. The molecule has 4 aliphatic carbocycles. The van der Waals surface area contributed by atoms with Crippen LogP contribution in [0, 0.1) is 49.4 Å². The van der Waals surface area contributed by atoms with E-state index in [1.165, 1.54) is 89.9 Å². The number of aryl methyl sites for hydroxylation is 2. The molecule has 4 N–H and O–H groups in total. The van der Waals surface area contributed by atoms with E-state index in [9.17, 15) is 36.3 Å². The number of carbonyl (C=O) groups excluding carboxylic acids is 4. The number of hydrogen-bond acceptors (Lipinski definition) is 17. The fourth-order valence-electron chi connectivity index (χ4n) is 12.8. The van der Waals surface area contributed by atoms with Gasteiger partial charge in [-0.05, 0) is 151 Å². The Hall–Kier alpha value is -1.96. The van der Waals surface area contributed by atoms with Crippen LogP contribution in [0.2, 0.25) is 15.1 Å². The van der Waals surface area contributed by atoms with Gasteiger partial charge in [0.25, 0.3) is 6.47 Å². The SMILES string of the molecule is C.C.C.C.C.CC(=NCS(=O)(=O)c1ccc(C)cc1)C1CCCCC1.CC(=O)C1CCCCC1.CC(C(=O)c1c(Cl)ccc2cncn12)C1CCCCC1.CC(C1CCCCC1)C(O)c1c(Cl)ccc2cncn12.CO.Cc1ccc(S(=O)(=O)CN)cc1.O=CO[O-].O=Cc1c(Cl)ccc2cncn12.[B].[Cs+].[Cs+].[H-].[H-].[Li+]. The van der Waals surface area contributed by atoms with Crippen molar-refractivity contribution in [1.29, 1.82) is 0 Å². The van der Waals surface area contributed by atoms with E-state index in [-0.39, 0.29) is 246 Å². The first-order chi connectivity index (χ1) is 47.5. The van der Waals surface area contributed by atoms with E-state index in [0.717, 1.165) is 91.0 Å². The van der Waals surface area contributed by atoms with Gasteiger partial charge in [-0.3, -0.25) is 37.4 Å². The Morgan fingerprint density at radius 2 is 0.963 bits per heavy atom. The number of halogens is 3. The summed E-state index contributed by atoms with van der Waals surface area (Å²) in [7, 11) is -5.54. The number of nitrogens with two attached hydrogens (primary N) is 1. The number of ketones is 2. The maximum atomic E-state index is 12.8. The van der Waals surface area contributed by atoms with Crippen LogP contribution < -0.4 is 168 Å². The first-order valence-corrected chi connectivity index (χ1v) is 38.4. The van der Waals surface area contributed by atoms with Crippen molar-refractivity contribution in [3.63, 3.8) is 0 Å². The zero-order chi connectivity index (χ0) is 72.7. The molecule has 3 unspecified atom stereocenters. The number of pyridine rings is 3. The Labute approximate surface area is 795 Å². The molecule has 6 aromatic heterocycles. The van der Waals surface area contributed by atoms with Gasteiger partial charge in [0.1, 0.15) is 28.9 Å². The van der Waals surface area contributed by atoms with Crippen LogP contribution in [0.5, 0.6) is 0 Å². The molecule has 29 heteroatoms. The molecule has 4 fully saturated rings. The normalized spacial score (nSPS) is 15.0. The van der Waals surface area contributed by atoms with Crippen molar-refractivity contribution in [2.45, 2.75) is 223 Å². The van der Waals surface area contributed by atoms with Crippen LogP contribution in [0.4, 0.5) is 0 Å². The average Bonchev–Trinajstić information content (AvgIpc) is 1.73. The smallest absolute Gasteiger partial charge is 1.00 e. The number of imidazole rings is 3. The molecule has 3 radical (unpaired) electrons. The number of aldehydes is 1. The van der Waals surface area contributed by atoms with Crippen LogP contribution in [-0.4, -0.2) is 113 Å². The molecule has 0 saturated heterocycles. The first kappa shape index (κ1) is 115. The monoisotopic (exact) mass is 1830 g/mol. The number of nitrogens with zero attached hydrogens (tertiary/aromatic N) is 7. The number of aliphatic imine (C=N–C) groups is 1. The van der Waals surface area contributed by atoms with Gasteiger partial charge >= 0.3 is 157 Å². The molecular weight excluding hydrogens is 1710 g/mol. The third kappa shape index (κ3) is 36.1. The molecule has 0 spiro atoms. The maximum absolute atomic E-state index is 12.8. The molecule has 4 aliphatic rings. The van der Waals surface area contributed by atoms with Gasteiger partial charge in [0, 0.05) is 33.1 Å². The molecule has 3 atom stereocenters. The van der Waals surface area contributed by atoms with Gasteiger partial charge in [-0.15, -0.1) is 0 Å². The summed E-state index contributed by atoms with van der Waals surface area (Å²) in [4.78, 5) is 62.7. The maximum Gasteiger partial charge on any atom is 1.00 e. The standard InChI is InChI=1S/C16H21ClN2O.C16H19ClN2O.C16H23NO2S.C8H5ClN2O.C8H11NO2S.C8H14O.CH2O3.CH4O.5CH4.B.2Cs.Li.2H/c2*1-11(12-5-3-2-4-6-12)16(20)15-14(17)8-7-13-9-18-10-19(13)15;1-13-8-10-16(11-9-13)20(18,19)12-17-14(2)15-6-4-3-5-7-15;9-7-2-1-6-3-10-5-11(6)8(7)4-12;1-7-2-4-8(5-3-7)12(10,11)6-9;1-7(9)8-5-3-2-4-6-8;2-1-4-3;1-2;;;;;;;;;;;/h7-12,16,20H,2-6H2,1H3;7-12H,2-6H2,1H3;8-11,15H,3-7,12H2,1-2H3;1-5H;2-5H,6,9H2,1H3;8H,2-6H2,1H3;1,3H;2H,1H3;5*1H4;;;;;;/q;;;;;;;;;;;;;;3*+1;2*-1/p-1. The minimum absolute atomic E-state index is 0. The number of aliphatic hydroxyl groups is 2. The van der Waals surface area contributed by atoms with Crippen LogP contribution in [0.25, 0.3) is 16.6 Å². The minimum atomic E-state index is -3.30. The van der Waals surface area contributed by atoms with Crippen LogP contribution in [0.3, 0.4) is 0 Å². The number of sulfone groups is 2. The van der Waals surface area contributed by atoms with Crippen LogP contribution in [0.15, 0.2) is 137 Å². The predicted molar refractivity (Wildman–Crippen MR) is 431 cm³/mol. The van der Waals surface area contributed by atoms with E-state index in [1.54, 1.807) is 97.4 Å². The van der Waals surface area contributed by atoms with Crippen LogP contribution >= 0.6 is 34.8 Å². The van der Waals surface area contributed by atoms with Gasteiger partial charge in [0.05, 0.1) is 90.8 Å². The summed E-state index contributed by atoms with van der Waals surface area (Å²) in [6.45, 7) is 11.6. The Bertz CT molecular complexity index is 4090. The molecule has 20 nitrogen and oxygen atoms in total. The Balaban J connectivity index is -0.000000227. The van der Waals surface area contributed by atoms with Gasteiger partial charge in [-0.2, -0.15) is 0 Å². The number of rotatable bonds is 15. The fourth-order valence-corrected chi connectivity index (χ4v) is 15.3. The topological polar surface area (TPSA) is 300 Å². The summed E-state index contributed by atoms with van der Waals surface area (Å²) in [6, 6.07) is 24.6. The Morgan fingerprint density at radius 3 is 1.38 bits per heavy atom. The summed E-state index contributed by atoms with van der Waals surface area (Å²) in [5.74, 6) is 2.31. The molecule has 108 heavy (non-hydrogen) atoms. The summed E-state index contributed by atoms with van der Waals surface area (Å²) >= 11 is 18.4. The van der Waals surface area contributed by atoms with Gasteiger partial charge < -0.3 is 28.9 Å². The van der Waals surface area contributed by atoms with Crippen molar-refractivity contribution in [3.8, 4) is 0 Å². The fraction of sp³-hybridized carbons (Fsp3) is 0.519. The Kier molecular flexibility index (Phi) is 64.2. The van der Waals surface area contributed by atoms with E-state index in [2.05, 4.69) is 31.8 Å². The quantitative estimate of drug-likeness (QED) is 0.0215. The molecule has 587 valence electrons. The van der Waals surface area contributed by atoms with E-state index in [1.807, 2.05) is 72.9 Å². The number of fused-ring (bicyclic) bond motifs is 3. The molecule has 2 aromatic carbocycles. The van der Waals surface area contributed by atoms with Crippen molar-refractivity contribution in [2.24, 2.45) is 46.2 Å². The van der Waals surface area contributed by atoms with Crippen LogP contribution in [-0.2, 0) is 34.2 Å². The second-order valence-electron chi connectivity index (χ2n) is 25.5. The van der Waals surface area contributed by atoms with Gasteiger partial charge in [-0.25, -0.2) is 31.8 Å². The molecule has 0 aliphatic heterocycles. The summed E-state index contributed by atoms with van der Waals surface area (Å²) in [6.07, 6.45) is 35.0. The number of Topliss-reactive ketones (excluding diaryl/α,β-unsaturated/α-hetero) is 2. The Morgan fingerprint density at radius 1 is 0.593 bits per heavy atom. The third-order valence-electron chi connectivity index (χ3n) is 18.8. The van der Waals surface area contributed by atoms with Crippen molar-refractivity contribution in [3.05, 3.63) is 166 Å². The minimum Gasteiger partial charge on any atom is -1.00 e. The van der Waals surface area contributed by atoms with E-state index in [0.29, 0.717) is 60.8 Å². The predicted octanol–water partition coefficient (Wildman–Crippen LogP) is 9.11. The third-order valence-corrected chi connectivity index (χ3v) is 22.7. The van der Waals surface area contributed by atoms with Gasteiger partial charge in [0.2, 0.25) is 0 Å². The summed E-state index contributed by atoms with van der Waals surface area (Å²) in [5, 5.41) is 27.8. The van der Waals surface area contributed by atoms with Crippen molar-refractivity contribution in [1.82, 2.24) is 28.2 Å².